The number of amides is 2. The van der Waals surface area contributed by atoms with Gasteiger partial charge >= 0.3 is 0 Å². The first-order chi connectivity index (χ1) is 11.0. The van der Waals surface area contributed by atoms with E-state index in [0.29, 0.717) is 17.8 Å². The number of likely N-dealkylation sites (N-methyl/N-ethyl adjacent to an activating group) is 1. The van der Waals surface area contributed by atoms with E-state index in [9.17, 15) is 9.59 Å². The number of carbonyl (C=O) groups excluding carboxylic acids is 2. The summed E-state index contributed by atoms with van der Waals surface area (Å²) in [6, 6.07) is 7.12. The lowest BCUT2D eigenvalue weighted by atomic mass is 10.1. The molecule has 0 aromatic heterocycles. The van der Waals surface area contributed by atoms with Gasteiger partial charge in [0.2, 0.25) is 5.91 Å². The molecule has 0 aliphatic carbocycles. The van der Waals surface area contributed by atoms with Gasteiger partial charge in [0.05, 0.1) is 0 Å². The summed E-state index contributed by atoms with van der Waals surface area (Å²) in [5.41, 5.74) is 1.38. The Labute approximate surface area is 137 Å². The largest absolute Gasteiger partial charge is 0.336 e. The smallest absolute Gasteiger partial charge is 0.253 e. The van der Waals surface area contributed by atoms with Gasteiger partial charge in [0.15, 0.2) is 0 Å². The van der Waals surface area contributed by atoms with E-state index < -0.39 is 0 Å². The molecule has 0 saturated carbocycles. The van der Waals surface area contributed by atoms with Crippen molar-refractivity contribution in [2.45, 2.75) is 6.92 Å². The predicted octanol–water partition coefficient (Wildman–Crippen LogP) is 0.868. The van der Waals surface area contributed by atoms with Gasteiger partial charge in [-0.2, -0.15) is 0 Å². The summed E-state index contributed by atoms with van der Waals surface area (Å²) in [6.45, 7) is 5.83. The van der Waals surface area contributed by atoms with Crippen LogP contribution < -0.4 is 10.6 Å². The van der Waals surface area contributed by atoms with E-state index in [2.05, 4.69) is 22.6 Å². The van der Waals surface area contributed by atoms with Gasteiger partial charge in [0.25, 0.3) is 5.91 Å². The predicted molar refractivity (Wildman–Crippen MR) is 91.6 cm³/mol. The quantitative estimate of drug-likeness (QED) is 0.845. The van der Waals surface area contributed by atoms with Crippen molar-refractivity contribution < 1.29 is 9.59 Å². The minimum absolute atomic E-state index is 0.0301. The Morgan fingerprint density at radius 2 is 1.74 bits per heavy atom. The van der Waals surface area contributed by atoms with Crippen molar-refractivity contribution in [2.24, 2.45) is 5.92 Å². The van der Waals surface area contributed by atoms with Crippen molar-refractivity contribution in [3.63, 3.8) is 0 Å². The minimum Gasteiger partial charge on any atom is -0.336 e. The van der Waals surface area contributed by atoms with Crippen LogP contribution in [0, 0.1) is 5.92 Å². The number of rotatable bonds is 5. The van der Waals surface area contributed by atoms with Gasteiger partial charge < -0.3 is 20.4 Å². The summed E-state index contributed by atoms with van der Waals surface area (Å²) in [5, 5.41) is 5.85. The fourth-order valence-electron chi connectivity index (χ4n) is 2.55. The van der Waals surface area contributed by atoms with E-state index >= 15 is 0 Å². The van der Waals surface area contributed by atoms with E-state index in [-0.39, 0.29) is 17.7 Å². The fourth-order valence-corrected chi connectivity index (χ4v) is 2.55. The maximum atomic E-state index is 12.4. The molecule has 1 fully saturated rings. The fraction of sp³-hybridized carbons (Fsp3) is 0.529. The molecule has 0 bridgehead atoms. The number of nitrogens with one attached hydrogen (secondary N) is 2. The summed E-state index contributed by atoms with van der Waals surface area (Å²) in [6.07, 6.45) is 0. The van der Waals surface area contributed by atoms with Gasteiger partial charge in [0.1, 0.15) is 0 Å². The monoisotopic (exact) mass is 318 g/mol. The van der Waals surface area contributed by atoms with Crippen LogP contribution in [-0.4, -0.2) is 68.4 Å². The molecule has 23 heavy (non-hydrogen) atoms. The van der Waals surface area contributed by atoms with Crippen LogP contribution in [0.5, 0.6) is 0 Å². The molecule has 1 aliphatic rings. The topological polar surface area (TPSA) is 64.7 Å². The molecule has 6 heteroatoms. The van der Waals surface area contributed by atoms with Crippen molar-refractivity contribution in [3.05, 3.63) is 29.8 Å². The van der Waals surface area contributed by atoms with Gasteiger partial charge in [0, 0.05) is 49.9 Å². The van der Waals surface area contributed by atoms with Crippen LogP contribution in [0.1, 0.15) is 17.3 Å². The van der Waals surface area contributed by atoms with Crippen molar-refractivity contribution in [1.29, 1.82) is 0 Å². The third-order valence-electron chi connectivity index (χ3n) is 4.15. The molecule has 0 radical (unpaired) electrons. The molecule has 1 atom stereocenters. The number of anilines is 1. The normalized spacial score (nSPS) is 16.9. The molecule has 0 spiro atoms. The molecule has 2 amide bonds. The molecule has 1 aliphatic heterocycles. The number of hydrogen-bond acceptors (Lipinski definition) is 4. The first-order valence-corrected chi connectivity index (χ1v) is 8.04. The summed E-state index contributed by atoms with van der Waals surface area (Å²) >= 11 is 0. The highest BCUT2D eigenvalue weighted by atomic mass is 16.2. The second kappa shape index (κ2) is 8.08. The lowest BCUT2D eigenvalue weighted by Crippen LogP contribution is -2.47. The van der Waals surface area contributed by atoms with Crippen LogP contribution in [0.25, 0.3) is 0 Å². The highest BCUT2D eigenvalue weighted by Crippen LogP contribution is 2.14. The highest BCUT2D eigenvalue weighted by molar-refractivity contribution is 5.96. The highest BCUT2D eigenvalue weighted by Gasteiger charge is 2.20. The molecule has 1 heterocycles. The molecule has 6 nitrogen and oxygen atoms in total. The van der Waals surface area contributed by atoms with Gasteiger partial charge in [-0.1, -0.05) is 6.92 Å². The van der Waals surface area contributed by atoms with Gasteiger partial charge in [-0.3, -0.25) is 9.59 Å². The molecular weight excluding hydrogens is 292 g/mol. The lowest BCUT2D eigenvalue weighted by Gasteiger charge is -2.32. The molecule has 2 rings (SSSR count). The van der Waals surface area contributed by atoms with Crippen molar-refractivity contribution in [2.75, 3.05) is 52.1 Å². The van der Waals surface area contributed by atoms with Crippen molar-refractivity contribution >= 4 is 17.5 Å². The average Bonchev–Trinajstić information content (AvgIpc) is 2.56. The van der Waals surface area contributed by atoms with E-state index in [4.69, 9.17) is 0 Å². The van der Waals surface area contributed by atoms with Crippen molar-refractivity contribution in [3.8, 4) is 0 Å². The van der Waals surface area contributed by atoms with E-state index in [0.717, 1.165) is 26.2 Å². The zero-order chi connectivity index (χ0) is 16.8. The number of carbonyl (C=O) groups is 2. The van der Waals surface area contributed by atoms with Crippen LogP contribution in [0.3, 0.4) is 0 Å². The van der Waals surface area contributed by atoms with Crippen LogP contribution in [0.2, 0.25) is 0 Å². The lowest BCUT2D eigenvalue weighted by molar-refractivity contribution is -0.119. The molecule has 1 aromatic rings. The second-order valence-electron chi connectivity index (χ2n) is 6.12. The molecule has 1 aromatic carbocycles. The van der Waals surface area contributed by atoms with Crippen LogP contribution in [0.4, 0.5) is 5.69 Å². The van der Waals surface area contributed by atoms with E-state index in [1.54, 1.807) is 24.3 Å². The summed E-state index contributed by atoms with van der Waals surface area (Å²) in [4.78, 5) is 28.5. The minimum atomic E-state index is -0.105. The van der Waals surface area contributed by atoms with Gasteiger partial charge in [-0.25, -0.2) is 0 Å². The third-order valence-corrected chi connectivity index (χ3v) is 4.15. The van der Waals surface area contributed by atoms with Crippen LogP contribution in [0.15, 0.2) is 24.3 Å². The van der Waals surface area contributed by atoms with Gasteiger partial charge in [-0.05, 0) is 38.4 Å². The van der Waals surface area contributed by atoms with Crippen LogP contribution in [-0.2, 0) is 4.79 Å². The maximum Gasteiger partial charge on any atom is 0.253 e. The molecule has 126 valence electrons. The van der Waals surface area contributed by atoms with Crippen molar-refractivity contribution in [1.82, 2.24) is 15.1 Å². The number of piperazine rings is 1. The molecule has 2 N–H and O–H groups in total. The van der Waals surface area contributed by atoms with E-state index in [1.165, 1.54) is 0 Å². The zero-order valence-corrected chi connectivity index (χ0v) is 14.1. The molecule has 1 saturated heterocycles. The number of nitrogens with zero attached hydrogens (tertiary/aromatic N) is 2. The average molecular weight is 318 g/mol. The summed E-state index contributed by atoms with van der Waals surface area (Å²) in [7, 11) is 3.89. The Morgan fingerprint density at radius 1 is 1.13 bits per heavy atom. The Hall–Kier alpha value is -1.92. The number of benzene rings is 1. The zero-order valence-electron chi connectivity index (χ0n) is 14.1. The maximum absolute atomic E-state index is 12.4. The summed E-state index contributed by atoms with van der Waals surface area (Å²) in [5.74, 6) is -0.0799. The first-order valence-electron chi connectivity index (χ1n) is 8.04. The first kappa shape index (κ1) is 17.4. The SMILES string of the molecule is CNCC(C)C(=O)Nc1ccc(C(=O)N2CCN(C)CC2)cc1. The van der Waals surface area contributed by atoms with Crippen LogP contribution >= 0.6 is 0 Å². The third kappa shape index (κ3) is 4.77. The Bertz CT molecular complexity index is 536. The Morgan fingerprint density at radius 3 is 2.30 bits per heavy atom. The Balaban J connectivity index is 1.94. The number of hydrogen-bond donors (Lipinski definition) is 2. The van der Waals surface area contributed by atoms with Gasteiger partial charge in [-0.15, -0.1) is 0 Å². The molecule has 1 unspecified atom stereocenters. The summed E-state index contributed by atoms with van der Waals surface area (Å²) < 4.78 is 0. The van der Waals surface area contributed by atoms with E-state index in [1.807, 2.05) is 18.9 Å². The second-order valence-corrected chi connectivity index (χ2v) is 6.12. The molecular formula is C17H26N4O2. The standard InChI is InChI=1S/C17H26N4O2/c1-13(12-18-2)16(22)19-15-6-4-14(5-7-15)17(23)21-10-8-20(3)9-11-21/h4-7,13,18H,8-12H2,1-3H3,(H,19,22). The Kier molecular flexibility index (Phi) is 6.12.